The van der Waals surface area contributed by atoms with Gasteiger partial charge >= 0.3 is 0 Å². The van der Waals surface area contributed by atoms with Gasteiger partial charge in [-0.2, -0.15) is 11.8 Å². The molecule has 0 aromatic rings. The molecule has 3 nitrogen and oxygen atoms in total. The summed E-state index contributed by atoms with van der Waals surface area (Å²) in [7, 11) is 0. The van der Waals surface area contributed by atoms with Crippen LogP contribution in [0.2, 0.25) is 0 Å². The van der Waals surface area contributed by atoms with Crippen LogP contribution in [0.25, 0.3) is 0 Å². The van der Waals surface area contributed by atoms with Crippen LogP contribution in [0.3, 0.4) is 0 Å². The predicted octanol–water partition coefficient (Wildman–Crippen LogP) is 1.57. The molecule has 0 saturated carbocycles. The minimum absolute atomic E-state index is 0.314. The lowest BCUT2D eigenvalue weighted by molar-refractivity contribution is -0.00587. The maximum absolute atomic E-state index is 6.05. The van der Waals surface area contributed by atoms with Gasteiger partial charge in [-0.15, -0.1) is 0 Å². The third-order valence-electron chi connectivity index (χ3n) is 4.54. The van der Waals surface area contributed by atoms with Gasteiger partial charge in [-0.1, -0.05) is 6.92 Å². The van der Waals surface area contributed by atoms with E-state index in [1.54, 1.807) is 0 Å². The molecule has 0 spiro atoms. The average Bonchev–Trinajstić information content (AvgIpc) is 2.36. The molecule has 2 N–H and O–H groups in total. The van der Waals surface area contributed by atoms with Crippen molar-refractivity contribution in [3.8, 4) is 0 Å². The Morgan fingerprint density at radius 3 is 2.71 bits per heavy atom. The number of hydrogen-bond donors (Lipinski definition) is 1. The Bertz CT molecular complexity index is 244. The number of rotatable bonds is 3. The largest absolute Gasteiger partial charge is 0.381 e. The lowest BCUT2D eigenvalue weighted by Gasteiger charge is -2.45. The van der Waals surface area contributed by atoms with Gasteiger partial charge in [-0.3, -0.25) is 4.90 Å². The molecular formula is C13H26N2OS. The Labute approximate surface area is 109 Å². The van der Waals surface area contributed by atoms with Crippen molar-refractivity contribution in [3.63, 3.8) is 0 Å². The summed E-state index contributed by atoms with van der Waals surface area (Å²) in [6.07, 6.45) is 2.27. The van der Waals surface area contributed by atoms with E-state index in [0.29, 0.717) is 11.5 Å². The Hall–Kier alpha value is 0.230. The van der Waals surface area contributed by atoms with Crippen LogP contribution in [-0.2, 0) is 4.74 Å². The van der Waals surface area contributed by atoms with Crippen LogP contribution < -0.4 is 5.73 Å². The van der Waals surface area contributed by atoms with Gasteiger partial charge in [-0.25, -0.2) is 0 Å². The fourth-order valence-electron chi connectivity index (χ4n) is 2.88. The monoisotopic (exact) mass is 258 g/mol. The minimum Gasteiger partial charge on any atom is -0.381 e. The molecule has 2 atom stereocenters. The first-order valence-corrected chi connectivity index (χ1v) is 7.85. The zero-order valence-corrected chi connectivity index (χ0v) is 12.0. The molecule has 0 aromatic carbocycles. The molecule has 100 valence electrons. The highest BCUT2D eigenvalue weighted by Gasteiger charge is 2.36. The van der Waals surface area contributed by atoms with E-state index in [-0.39, 0.29) is 0 Å². The maximum Gasteiger partial charge on any atom is 0.0472 e. The summed E-state index contributed by atoms with van der Waals surface area (Å²) in [5.41, 5.74) is 6.36. The standard InChI is InChI=1S/C13H26N2OS/c1-11-12(2)17-8-5-15(11)10-13(9-14)3-6-16-7-4-13/h11-12H,3-10,14H2,1-2H3. The predicted molar refractivity (Wildman–Crippen MR) is 74.5 cm³/mol. The molecule has 2 fully saturated rings. The van der Waals surface area contributed by atoms with Crippen molar-refractivity contribution in [2.24, 2.45) is 11.1 Å². The second-order valence-corrected chi connectivity index (χ2v) is 7.09. The first-order valence-electron chi connectivity index (χ1n) is 6.80. The Morgan fingerprint density at radius 2 is 2.06 bits per heavy atom. The van der Waals surface area contributed by atoms with Crippen LogP contribution in [0.5, 0.6) is 0 Å². The molecule has 2 rings (SSSR count). The Kier molecular flexibility index (Phi) is 4.75. The normalized spacial score (nSPS) is 34.8. The summed E-state index contributed by atoms with van der Waals surface area (Å²) in [5.74, 6) is 1.27. The van der Waals surface area contributed by atoms with Crippen molar-refractivity contribution in [1.29, 1.82) is 0 Å². The van der Waals surface area contributed by atoms with Crippen LogP contribution in [-0.4, -0.2) is 54.8 Å². The number of ether oxygens (including phenoxy) is 1. The van der Waals surface area contributed by atoms with Crippen molar-refractivity contribution in [2.75, 3.05) is 38.6 Å². The fraction of sp³-hybridized carbons (Fsp3) is 1.00. The second-order valence-electron chi connectivity index (χ2n) is 5.60. The van der Waals surface area contributed by atoms with Crippen LogP contribution in [0, 0.1) is 5.41 Å². The zero-order chi connectivity index (χ0) is 12.3. The molecule has 2 aliphatic heterocycles. The molecule has 0 amide bonds. The van der Waals surface area contributed by atoms with E-state index in [2.05, 4.69) is 30.5 Å². The highest BCUT2D eigenvalue weighted by Crippen LogP contribution is 2.33. The summed E-state index contributed by atoms with van der Waals surface area (Å²) in [6, 6.07) is 0.681. The topological polar surface area (TPSA) is 38.5 Å². The van der Waals surface area contributed by atoms with Gasteiger partial charge in [0.15, 0.2) is 0 Å². The SMILES string of the molecule is CC1SCCN(CC2(CN)CCOCC2)C1C. The molecule has 0 radical (unpaired) electrons. The number of nitrogens with two attached hydrogens (primary N) is 1. The van der Waals surface area contributed by atoms with Gasteiger partial charge in [0.05, 0.1) is 0 Å². The summed E-state index contributed by atoms with van der Waals surface area (Å²) in [4.78, 5) is 2.65. The van der Waals surface area contributed by atoms with E-state index in [1.807, 2.05) is 0 Å². The van der Waals surface area contributed by atoms with Crippen LogP contribution in [0.4, 0.5) is 0 Å². The zero-order valence-electron chi connectivity index (χ0n) is 11.2. The van der Waals surface area contributed by atoms with Gasteiger partial charge in [0, 0.05) is 43.3 Å². The van der Waals surface area contributed by atoms with Crippen LogP contribution in [0.15, 0.2) is 0 Å². The lowest BCUT2D eigenvalue weighted by atomic mass is 9.79. The first kappa shape index (κ1) is 13.7. The second kappa shape index (κ2) is 5.91. The number of hydrogen-bond acceptors (Lipinski definition) is 4. The van der Waals surface area contributed by atoms with Crippen molar-refractivity contribution in [1.82, 2.24) is 4.90 Å². The van der Waals surface area contributed by atoms with Crippen molar-refractivity contribution < 1.29 is 4.74 Å². The molecule has 0 aliphatic carbocycles. The van der Waals surface area contributed by atoms with Crippen molar-refractivity contribution in [3.05, 3.63) is 0 Å². The summed E-state index contributed by atoms with van der Waals surface area (Å²) >= 11 is 2.10. The van der Waals surface area contributed by atoms with E-state index in [0.717, 1.165) is 37.9 Å². The molecule has 0 bridgehead atoms. The quantitative estimate of drug-likeness (QED) is 0.834. The number of nitrogens with zero attached hydrogens (tertiary/aromatic N) is 1. The average molecular weight is 258 g/mol. The summed E-state index contributed by atoms with van der Waals surface area (Å²) in [5, 5.41) is 0.749. The highest BCUT2D eigenvalue weighted by atomic mass is 32.2. The highest BCUT2D eigenvalue weighted by molar-refractivity contribution is 8.00. The third kappa shape index (κ3) is 3.16. The van der Waals surface area contributed by atoms with E-state index in [9.17, 15) is 0 Å². The molecule has 2 aliphatic rings. The maximum atomic E-state index is 6.05. The molecule has 2 unspecified atom stereocenters. The summed E-state index contributed by atoms with van der Waals surface area (Å²) in [6.45, 7) is 9.69. The summed E-state index contributed by atoms with van der Waals surface area (Å²) < 4.78 is 5.49. The van der Waals surface area contributed by atoms with Crippen molar-refractivity contribution >= 4 is 11.8 Å². The smallest absolute Gasteiger partial charge is 0.0472 e. The molecule has 17 heavy (non-hydrogen) atoms. The van der Waals surface area contributed by atoms with Crippen LogP contribution in [0.1, 0.15) is 26.7 Å². The van der Waals surface area contributed by atoms with Crippen LogP contribution >= 0.6 is 11.8 Å². The van der Waals surface area contributed by atoms with Gasteiger partial charge in [0.1, 0.15) is 0 Å². The van der Waals surface area contributed by atoms with Gasteiger partial charge < -0.3 is 10.5 Å². The molecule has 0 aromatic heterocycles. The van der Waals surface area contributed by atoms with Crippen molar-refractivity contribution in [2.45, 2.75) is 38.0 Å². The molecular weight excluding hydrogens is 232 g/mol. The molecule has 2 heterocycles. The molecule has 2 saturated heterocycles. The van der Waals surface area contributed by atoms with E-state index >= 15 is 0 Å². The van der Waals surface area contributed by atoms with Gasteiger partial charge in [-0.05, 0) is 31.7 Å². The Balaban J connectivity index is 1.97. The number of thioether (sulfide) groups is 1. The van der Waals surface area contributed by atoms with E-state index in [1.165, 1.54) is 18.8 Å². The first-order chi connectivity index (χ1) is 8.17. The van der Waals surface area contributed by atoms with E-state index < -0.39 is 0 Å². The lowest BCUT2D eigenvalue weighted by Crippen LogP contribution is -2.52. The third-order valence-corrected chi connectivity index (χ3v) is 5.88. The van der Waals surface area contributed by atoms with Gasteiger partial charge in [0.2, 0.25) is 0 Å². The Morgan fingerprint density at radius 1 is 1.35 bits per heavy atom. The van der Waals surface area contributed by atoms with E-state index in [4.69, 9.17) is 10.5 Å². The minimum atomic E-state index is 0.314. The fourth-order valence-corrected chi connectivity index (χ4v) is 4.04. The van der Waals surface area contributed by atoms with Gasteiger partial charge in [0.25, 0.3) is 0 Å². The molecule has 4 heteroatoms.